The molecule has 4 aromatic rings. The number of methoxy groups -OCH3 is 1. The number of nitrogens with two attached hydrogens (primary N) is 1. The first-order valence-corrected chi connectivity index (χ1v) is 7.35. The van der Waals surface area contributed by atoms with Crippen molar-refractivity contribution in [2.24, 2.45) is 0 Å². The second-order valence-corrected chi connectivity index (χ2v) is 5.34. The molecule has 0 saturated heterocycles. The Labute approximate surface area is 133 Å². The molecule has 0 amide bonds. The summed E-state index contributed by atoms with van der Waals surface area (Å²) in [6.45, 7) is 0. The summed E-state index contributed by atoms with van der Waals surface area (Å²) in [7, 11) is 1.64. The van der Waals surface area contributed by atoms with Crippen molar-refractivity contribution in [3.63, 3.8) is 0 Å². The van der Waals surface area contributed by atoms with Gasteiger partial charge in [-0.25, -0.2) is 9.97 Å². The zero-order valence-corrected chi connectivity index (χ0v) is 12.7. The second kappa shape index (κ2) is 5.25. The normalized spacial score (nSPS) is 11.0. The Bertz CT molecular complexity index is 1010. The highest BCUT2D eigenvalue weighted by Crippen LogP contribution is 2.29. The molecule has 112 valence electrons. The molecule has 23 heavy (non-hydrogen) atoms. The predicted molar refractivity (Wildman–Crippen MR) is 93.4 cm³/mol. The van der Waals surface area contributed by atoms with Crippen LogP contribution in [0, 0.1) is 0 Å². The van der Waals surface area contributed by atoms with E-state index in [0.29, 0.717) is 11.6 Å². The standard InChI is InChI=1S/C19H15N3O/c1-23-14-9-6-13(7-10-14)19-21-17-15-5-3-2-4-12(15)8-11-16(17)18(20)22-19/h2-11H,1H3,(H2,20,21,22). The van der Waals surface area contributed by atoms with Crippen molar-refractivity contribution in [1.29, 1.82) is 0 Å². The van der Waals surface area contributed by atoms with E-state index in [-0.39, 0.29) is 0 Å². The van der Waals surface area contributed by atoms with Crippen LogP contribution < -0.4 is 10.5 Å². The lowest BCUT2D eigenvalue weighted by molar-refractivity contribution is 0.415. The summed E-state index contributed by atoms with van der Waals surface area (Å²) in [4.78, 5) is 9.22. The van der Waals surface area contributed by atoms with E-state index in [2.05, 4.69) is 17.1 Å². The van der Waals surface area contributed by atoms with Crippen LogP contribution in [0.1, 0.15) is 0 Å². The lowest BCUT2D eigenvalue weighted by Gasteiger charge is -2.08. The third-order valence-electron chi connectivity index (χ3n) is 3.97. The number of nitrogen functional groups attached to an aromatic ring is 1. The topological polar surface area (TPSA) is 61.0 Å². The van der Waals surface area contributed by atoms with Crippen LogP contribution in [0.2, 0.25) is 0 Å². The van der Waals surface area contributed by atoms with Gasteiger partial charge in [0.1, 0.15) is 11.6 Å². The molecule has 0 radical (unpaired) electrons. The van der Waals surface area contributed by atoms with Gasteiger partial charge in [-0.2, -0.15) is 0 Å². The maximum Gasteiger partial charge on any atom is 0.162 e. The Hall–Kier alpha value is -3.14. The first-order chi connectivity index (χ1) is 11.3. The van der Waals surface area contributed by atoms with E-state index < -0.39 is 0 Å². The van der Waals surface area contributed by atoms with Crippen LogP contribution in [0.25, 0.3) is 33.1 Å². The number of aromatic nitrogens is 2. The van der Waals surface area contributed by atoms with Crippen LogP contribution in [-0.2, 0) is 0 Å². The van der Waals surface area contributed by atoms with Gasteiger partial charge >= 0.3 is 0 Å². The SMILES string of the molecule is COc1ccc(-c2nc(N)c3ccc4ccccc4c3n2)cc1. The van der Waals surface area contributed by atoms with Gasteiger partial charge in [-0.15, -0.1) is 0 Å². The van der Waals surface area contributed by atoms with E-state index in [0.717, 1.165) is 33.0 Å². The Kier molecular flexibility index (Phi) is 3.08. The molecule has 0 aliphatic rings. The third-order valence-corrected chi connectivity index (χ3v) is 3.97. The number of hydrogen-bond acceptors (Lipinski definition) is 4. The van der Waals surface area contributed by atoms with Gasteiger partial charge in [0.05, 0.1) is 12.6 Å². The number of ether oxygens (including phenoxy) is 1. The maximum atomic E-state index is 6.17. The Balaban J connectivity index is 1.99. The van der Waals surface area contributed by atoms with Gasteiger partial charge < -0.3 is 10.5 Å². The predicted octanol–water partition coefficient (Wildman–Crippen LogP) is 4.04. The van der Waals surface area contributed by atoms with Gasteiger partial charge in [-0.3, -0.25) is 0 Å². The Morgan fingerprint density at radius 1 is 0.826 bits per heavy atom. The summed E-state index contributed by atoms with van der Waals surface area (Å²) in [5, 5.41) is 3.09. The van der Waals surface area contributed by atoms with Crippen LogP contribution in [0.3, 0.4) is 0 Å². The van der Waals surface area contributed by atoms with Gasteiger partial charge in [-0.05, 0) is 35.7 Å². The maximum absolute atomic E-state index is 6.17. The van der Waals surface area contributed by atoms with Crippen LogP contribution in [0.5, 0.6) is 5.75 Å². The van der Waals surface area contributed by atoms with Crippen molar-refractivity contribution in [3.05, 3.63) is 60.7 Å². The van der Waals surface area contributed by atoms with Crippen molar-refractivity contribution in [2.45, 2.75) is 0 Å². The monoisotopic (exact) mass is 301 g/mol. The highest BCUT2D eigenvalue weighted by Gasteiger charge is 2.10. The number of anilines is 1. The molecule has 2 N–H and O–H groups in total. The molecular weight excluding hydrogens is 286 g/mol. The summed E-state index contributed by atoms with van der Waals surface area (Å²) in [6, 6.07) is 19.8. The molecule has 0 bridgehead atoms. The minimum atomic E-state index is 0.492. The van der Waals surface area contributed by atoms with Crippen molar-refractivity contribution >= 4 is 27.5 Å². The number of hydrogen-bond donors (Lipinski definition) is 1. The zero-order chi connectivity index (χ0) is 15.8. The molecule has 0 unspecified atom stereocenters. The largest absolute Gasteiger partial charge is 0.497 e. The number of fused-ring (bicyclic) bond motifs is 3. The number of rotatable bonds is 2. The Morgan fingerprint density at radius 2 is 1.61 bits per heavy atom. The fourth-order valence-corrected chi connectivity index (χ4v) is 2.76. The van der Waals surface area contributed by atoms with Gasteiger partial charge in [0, 0.05) is 16.3 Å². The molecule has 4 nitrogen and oxygen atoms in total. The highest BCUT2D eigenvalue weighted by molar-refractivity contribution is 6.08. The van der Waals surface area contributed by atoms with E-state index in [1.165, 1.54) is 0 Å². The van der Waals surface area contributed by atoms with Crippen molar-refractivity contribution in [1.82, 2.24) is 9.97 Å². The average molecular weight is 301 g/mol. The summed E-state index contributed by atoms with van der Waals surface area (Å²) in [6.07, 6.45) is 0. The first kappa shape index (κ1) is 13.5. The minimum Gasteiger partial charge on any atom is -0.497 e. The quantitative estimate of drug-likeness (QED) is 0.568. The number of benzene rings is 3. The van der Waals surface area contributed by atoms with E-state index >= 15 is 0 Å². The molecule has 0 aliphatic carbocycles. The van der Waals surface area contributed by atoms with E-state index in [1.54, 1.807) is 7.11 Å². The summed E-state index contributed by atoms with van der Waals surface area (Å²) < 4.78 is 5.19. The number of nitrogens with zero attached hydrogens (tertiary/aromatic N) is 2. The molecule has 1 heterocycles. The Morgan fingerprint density at radius 3 is 2.39 bits per heavy atom. The van der Waals surface area contributed by atoms with Crippen LogP contribution in [0.15, 0.2) is 60.7 Å². The molecule has 0 aliphatic heterocycles. The van der Waals surface area contributed by atoms with Gasteiger partial charge in [0.25, 0.3) is 0 Å². The molecule has 4 heteroatoms. The second-order valence-electron chi connectivity index (χ2n) is 5.34. The molecule has 0 atom stereocenters. The molecule has 1 aromatic heterocycles. The molecule has 0 saturated carbocycles. The van der Waals surface area contributed by atoms with E-state index in [1.807, 2.05) is 48.5 Å². The third kappa shape index (κ3) is 2.25. The molecule has 3 aromatic carbocycles. The van der Waals surface area contributed by atoms with Crippen LogP contribution >= 0.6 is 0 Å². The van der Waals surface area contributed by atoms with Crippen LogP contribution in [-0.4, -0.2) is 17.1 Å². The summed E-state index contributed by atoms with van der Waals surface area (Å²) in [5.74, 6) is 1.91. The molecular formula is C19H15N3O. The van der Waals surface area contributed by atoms with Gasteiger partial charge in [0.2, 0.25) is 0 Å². The fourth-order valence-electron chi connectivity index (χ4n) is 2.76. The van der Waals surface area contributed by atoms with Gasteiger partial charge in [-0.1, -0.05) is 30.3 Å². The van der Waals surface area contributed by atoms with Gasteiger partial charge in [0.15, 0.2) is 5.82 Å². The highest BCUT2D eigenvalue weighted by atomic mass is 16.5. The lowest BCUT2D eigenvalue weighted by Crippen LogP contribution is -1.98. The van der Waals surface area contributed by atoms with Crippen molar-refractivity contribution < 1.29 is 4.74 Å². The lowest BCUT2D eigenvalue weighted by atomic mass is 10.1. The van der Waals surface area contributed by atoms with Crippen molar-refractivity contribution in [3.8, 4) is 17.1 Å². The fraction of sp³-hybridized carbons (Fsp3) is 0.0526. The van der Waals surface area contributed by atoms with Crippen LogP contribution in [0.4, 0.5) is 5.82 Å². The smallest absolute Gasteiger partial charge is 0.162 e. The van der Waals surface area contributed by atoms with Crippen molar-refractivity contribution in [2.75, 3.05) is 12.8 Å². The summed E-state index contributed by atoms with van der Waals surface area (Å²) >= 11 is 0. The average Bonchev–Trinajstić information content (AvgIpc) is 2.61. The molecule has 0 fully saturated rings. The minimum absolute atomic E-state index is 0.492. The zero-order valence-electron chi connectivity index (χ0n) is 12.7. The first-order valence-electron chi connectivity index (χ1n) is 7.35. The van der Waals surface area contributed by atoms with E-state index in [9.17, 15) is 0 Å². The molecule has 0 spiro atoms. The molecule has 4 rings (SSSR count). The summed E-state index contributed by atoms with van der Waals surface area (Å²) in [5.41, 5.74) is 7.95. The van der Waals surface area contributed by atoms with E-state index in [4.69, 9.17) is 15.5 Å².